The number of benzene rings is 1. The molecule has 2 aliphatic rings. The van der Waals surface area contributed by atoms with E-state index >= 15 is 0 Å². The van der Waals surface area contributed by atoms with Crippen LogP contribution in [0.15, 0.2) is 11.6 Å². The minimum absolute atomic E-state index is 0.0184. The first-order chi connectivity index (χ1) is 12.1. The van der Waals surface area contributed by atoms with E-state index in [2.05, 4.69) is 0 Å². The van der Waals surface area contributed by atoms with Crippen molar-refractivity contribution in [3.8, 4) is 0 Å². The molecule has 5 nitrogen and oxygen atoms in total. The van der Waals surface area contributed by atoms with Crippen molar-refractivity contribution in [3.05, 3.63) is 39.7 Å². The number of fused-ring (bicyclic) bond motifs is 1. The number of carboxylic acid groups (broad SMARTS) is 1. The highest BCUT2D eigenvalue weighted by Gasteiger charge is 2.57. The third kappa shape index (κ3) is 2.45. The van der Waals surface area contributed by atoms with Gasteiger partial charge in [0.1, 0.15) is 17.6 Å². The van der Waals surface area contributed by atoms with E-state index in [1.54, 1.807) is 6.92 Å². The summed E-state index contributed by atoms with van der Waals surface area (Å²) in [4.78, 5) is 36.0. The highest BCUT2D eigenvalue weighted by Crippen LogP contribution is 2.61. The van der Waals surface area contributed by atoms with Crippen molar-refractivity contribution in [1.29, 1.82) is 0 Å². The number of carboxylic acids is 1. The summed E-state index contributed by atoms with van der Waals surface area (Å²) in [5.74, 6) is -3.87. The molecule has 0 aromatic heterocycles. The summed E-state index contributed by atoms with van der Waals surface area (Å²) in [6.45, 7) is 3.08. The van der Waals surface area contributed by atoms with Gasteiger partial charge < -0.3 is 10.8 Å². The lowest BCUT2D eigenvalue weighted by Crippen LogP contribution is -2.26. The maximum atomic E-state index is 14.5. The van der Waals surface area contributed by atoms with Crippen LogP contribution in [0.4, 0.5) is 14.5 Å². The zero-order valence-electron chi connectivity index (χ0n) is 14.4. The number of aliphatic carboxylic acids is 1. The Bertz CT molecular complexity index is 877. The molecular formula is C19H19F2NO4. The molecule has 1 aromatic carbocycles. The average molecular weight is 363 g/mol. The van der Waals surface area contributed by atoms with Gasteiger partial charge in [0.05, 0.1) is 11.3 Å². The number of hydrogen-bond acceptors (Lipinski definition) is 4. The van der Waals surface area contributed by atoms with Crippen LogP contribution in [0, 0.1) is 18.2 Å². The maximum Gasteiger partial charge on any atom is 0.339 e. The van der Waals surface area contributed by atoms with Crippen molar-refractivity contribution < 1.29 is 28.3 Å². The Labute approximate surface area is 148 Å². The van der Waals surface area contributed by atoms with Crippen LogP contribution in [-0.2, 0) is 4.79 Å². The van der Waals surface area contributed by atoms with E-state index in [1.807, 2.05) is 0 Å². The van der Waals surface area contributed by atoms with Crippen molar-refractivity contribution in [3.63, 3.8) is 0 Å². The standard InChI is InChI=1S/C19H19F2NO4/c1-8-10(7-23)13-11(19(2)6-12(19)20)5-3-4-9(18(25)26)17(24)14(13)16(22)15(8)21/h4,7,11-12H,3,5-6,22H2,1-2H3,(H,25,26)/b9-4+/t11?,12-,19-/m0/s1. The normalized spacial score (nSPS) is 29.8. The molecule has 0 radical (unpaired) electrons. The second-order valence-corrected chi connectivity index (χ2v) is 7.23. The molecule has 26 heavy (non-hydrogen) atoms. The molecule has 3 atom stereocenters. The largest absolute Gasteiger partial charge is 0.478 e. The van der Waals surface area contributed by atoms with Crippen LogP contribution in [0.1, 0.15) is 63.9 Å². The Morgan fingerprint density at radius 3 is 2.58 bits per heavy atom. The van der Waals surface area contributed by atoms with Gasteiger partial charge >= 0.3 is 5.97 Å². The topological polar surface area (TPSA) is 97.5 Å². The average Bonchev–Trinajstić information content (AvgIpc) is 3.18. The lowest BCUT2D eigenvalue weighted by Gasteiger charge is -2.30. The van der Waals surface area contributed by atoms with Crippen molar-refractivity contribution in [1.82, 2.24) is 0 Å². The Kier molecular flexibility index (Phi) is 4.21. The highest BCUT2D eigenvalue weighted by atomic mass is 19.1. The van der Waals surface area contributed by atoms with E-state index in [4.69, 9.17) is 5.73 Å². The van der Waals surface area contributed by atoms with Gasteiger partial charge in [-0.2, -0.15) is 0 Å². The number of ketones is 1. The molecule has 0 aliphatic heterocycles. The number of halogens is 2. The molecule has 1 fully saturated rings. The Morgan fingerprint density at radius 1 is 1.46 bits per heavy atom. The lowest BCUT2D eigenvalue weighted by molar-refractivity contribution is -0.132. The number of allylic oxidation sites excluding steroid dienone is 1. The summed E-state index contributed by atoms with van der Waals surface area (Å²) in [6, 6.07) is 0. The smallest absolute Gasteiger partial charge is 0.339 e. The molecule has 138 valence electrons. The fourth-order valence-electron chi connectivity index (χ4n) is 3.97. The molecule has 7 heteroatoms. The maximum absolute atomic E-state index is 14.5. The third-order valence-electron chi connectivity index (χ3n) is 5.74. The molecule has 0 saturated heterocycles. The summed E-state index contributed by atoms with van der Waals surface area (Å²) in [7, 11) is 0. The Hall–Kier alpha value is -2.57. The highest BCUT2D eigenvalue weighted by molar-refractivity contribution is 6.26. The van der Waals surface area contributed by atoms with Crippen LogP contribution in [-0.4, -0.2) is 29.3 Å². The van der Waals surface area contributed by atoms with Gasteiger partial charge in [0.2, 0.25) is 5.78 Å². The van der Waals surface area contributed by atoms with Crippen LogP contribution >= 0.6 is 0 Å². The van der Waals surface area contributed by atoms with E-state index in [0.717, 1.165) is 0 Å². The van der Waals surface area contributed by atoms with Gasteiger partial charge in [-0.25, -0.2) is 13.6 Å². The number of nitrogen functional groups attached to an aromatic ring is 1. The van der Waals surface area contributed by atoms with Crippen molar-refractivity contribution in [2.24, 2.45) is 5.41 Å². The molecule has 0 amide bonds. The SMILES string of the molecule is Cc1c(F)c(N)c2c(c1C=O)C([C@]1(C)C[C@@H]1F)CC/C=C(/C(=O)O)C2=O. The molecule has 1 aromatic rings. The number of aldehydes is 1. The first-order valence-electron chi connectivity index (χ1n) is 8.34. The Balaban J connectivity index is 2.38. The summed E-state index contributed by atoms with van der Waals surface area (Å²) >= 11 is 0. The van der Waals surface area contributed by atoms with Gasteiger partial charge in [0, 0.05) is 11.0 Å². The zero-order valence-corrected chi connectivity index (χ0v) is 14.4. The number of hydrogen-bond donors (Lipinski definition) is 2. The van der Waals surface area contributed by atoms with E-state index < -0.39 is 46.3 Å². The number of Topliss-reactive ketones (excluding diaryl/α,β-unsaturated/α-hetero) is 1. The number of rotatable bonds is 3. The molecule has 1 saturated carbocycles. The summed E-state index contributed by atoms with van der Waals surface area (Å²) in [5.41, 5.74) is 3.82. The molecular weight excluding hydrogens is 344 g/mol. The van der Waals surface area contributed by atoms with Crippen molar-refractivity contribution in [2.75, 3.05) is 5.73 Å². The van der Waals surface area contributed by atoms with E-state index in [9.17, 15) is 28.3 Å². The number of nitrogens with two attached hydrogens (primary N) is 1. The molecule has 3 rings (SSSR count). The number of alkyl halides is 1. The second-order valence-electron chi connectivity index (χ2n) is 7.23. The second kappa shape index (κ2) is 6.00. The minimum atomic E-state index is -1.45. The quantitative estimate of drug-likeness (QED) is 0.488. The predicted molar refractivity (Wildman–Crippen MR) is 90.6 cm³/mol. The van der Waals surface area contributed by atoms with Crippen molar-refractivity contribution >= 4 is 23.7 Å². The van der Waals surface area contributed by atoms with Crippen LogP contribution < -0.4 is 5.73 Å². The first-order valence-corrected chi connectivity index (χ1v) is 8.34. The third-order valence-corrected chi connectivity index (χ3v) is 5.74. The van der Waals surface area contributed by atoms with Gasteiger partial charge in [0.25, 0.3) is 0 Å². The lowest BCUT2D eigenvalue weighted by atomic mass is 9.73. The van der Waals surface area contributed by atoms with Crippen LogP contribution in [0.25, 0.3) is 0 Å². The molecule has 0 bridgehead atoms. The molecule has 0 heterocycles. The van der Waals surface area contributed by atoms with E-state index in [0.29, 0.717) is 12.7 Å². The first kappa shape index (κ1) is 18.2. The minimum Gasteiger partial charge on any atom is -0.478 e. The Morgan fingerprint density at radius 2 is 2.08 bits per heavy atom. The van der Waals surface area contributed by atoms with Gasteiger partial charge in [-0.1, -0.05) is 13.0 Å². The summed E-state index contributed by atoms with van der Waals surface area (Å²) in [5, 5.41) is 9.32. The van der Waals surface area contributed by atoms with Gasteiger partial charge in [-0.05, 0) is 43.2 Å². The molecule has 2 aliphatic carbocycles. The van der Waals surface area contributed by atoms with Gasteiger partial charge in [-0.15, -0.1) is 0 Å². The molecule has 0 spiro atoms. The zero-order chi connectivity index (χ0) is 19.4. The predicted octanol–water partition coefficient (Wildman–Crippen LogP) is 3.35. The van der Waals surface area contributed by atoms with Crippen molar-refractivity contribution in [2.45, 2.75) is 45.2 Å². The summed E-state index contributed by atoms with van der Waals surface area (Å²) in [6.07, 6.45) is 1.41. The van der Waals surface area contributed by atoms with E-state index in [1.165, 1.54) is 13.0 Å². The number of carbonyl (C=O) groups excluding carboxylic acids is 2. The fourth-order valence-corrected chi connectivity index (χ4v) is 3.97. The molecule has 3 N–H and O–H groups in total. The number of carbonyl (C=O) groups is 3. The van der Waals surface area contributed by atoms with Crippen LogP contribution in [0.3, 0.4) is 0 Å². The van der Waals surface area contributed by atoms with Crippen LogP contribution in [0.2, 0.25) is 0 Å². The van der Waals surface area contributed by atoms with Crippen LogP contribution in [0.5, 0.6) is 0 Å². The van der Waals surface area contributed by atoms with E-state index in [-0.39, 0.29) is 35.1 Å². The monoisotopic (exact) mass is 363 g/mol. The summed E-state index contributed by atoms with van der Waals surface area (Å²) < 4.78 is 28.6. The number of anilines is 1. The van der Waals surface area contributed by atoms with Gasteiger partial charge in [0.15, 0.2) is 6.29 Å². The fraction of sp³-hybridized carbons (Fsp3) is 0.421. The molecule has 1 unspecified atom stereocenters. The van der Waals surface area contributed by atoms with Gasteiger partial charge in [-0.3, -0.25) is 9.59 Å².